The number of hydrogen-bond donors (Lipinski definition) is 4. The zero-order valence-electron chi connectivity index (χ0n) is 15.6. The number of Topliss-reactive ketones (excluding diaryl/α,β-unsaturated/α-hetero) is 1. The van der Waals surface area contributed by atoms with Gasteiger partial charge in [0, 0.05) is 34.0 Å². The van der Waals surface area contributed by atoms with Crippen LogP contribution in [0.4, 0.5) is 5.82 Å². The molecule has 0 unspecified atom stereocenters. The molecule has 7 nitrogen and oxygen atoms in total. The number of phenolic OH excluding ortho intramolecular Hbond substituents is 1. The summed E-state index contributed by atoms with van der Waals surface area (Å²) in [5.41, 5.74) is 1.89. The molecule has 3 heterocycles. The van der Waals surface area contributed by atoms with Crippen LogP contribution in [0, 0.1) is 0 Å². The number of rotatable bonds is 3. The van der Waals surface area contributed by atoms with Gasteiger partial charge in [-0.25, -0.2) is 0 Å². The molecule has 0 bridgehead atoms. The molecule has 29 heavy (non-hydrogen) atoms. The van der Waals surface area contributed by atoms with E-state index >= 15 is 0 Å². The summed E-state index contributed by atoms with van der Waals surface area (Å²) in [6, 6.07) is 9.16. The Morgan fingerprint density at radius 3 is 2.76 bits per heavy atom. The molecule has 0 saturated heterocycles. The molecule has 3 aromatic rings. The maximum absolute atomic E-state index is 13.3. The van der Waals surface area contributed by atoms with E-state index in [1.165, 1.54) is 12.0 Å². The Balaban J connectivity index is 1.69. The molecule has 1 aliphatic carbocycles. The molecule has 5 rings (SSSR count). The lowest BCUT2D eigenvalue weighted by Gasteiger charge is -2.34. The molecular weight excluding hydrogens is 390 g/mol. The van der Waals surface area contributed by atoms with E-state index in [1.807, 2.05) is 17.5 Å². The molecule has 0 radical (unpaired) electrons. The van der Waals surface area contributed by atoms with Crippen molar-refractivity contribution < 1.29 is 14.6 Å². The number of fused-ring (bicyclic) bond motifs is 1. The predicted octanol–water partition coefficient (Wildman–Crippen LogP) is 3.44. The summed E-state index contributed by atoms with van der Waals surface area (Å²) in [7, 11) is 1.47. The third kappa shape index (κ3) is 2.71. The minimum absolute atomic E-state index is 0.0179. The summed E-state index contributed by atoms with van der Waals surface area (Å²) in [5.74, 6) is 0.185. The molecule has 0 spiro atoms. The second-order valence-corrected chi connectivity index (χ2v) is 8.24. The van der Waals surface area contributed by atoms with Crippen molar-refractivity contribution in [1.29, 1.82) is 0 Å². The summed E-state index contributed by atoms with van der Waals surface area (Å²) < 4.78 is 5.25. The topological polar surface area (TPSA) is 107 Å². The van der Waals surface area contributed by atoms with Crippen molar-refractivity contribution in [3.8, 4) is 11.5 Å². The lowest BCUT2D eigenvalue weighted by Crippen LogP contribution is -2.31. The number of hydrogen-bond acceptors (Lipinski definition) is 6. The quantitative estimate of drug-likeness (QED) is 0.530. The highest BCUT2D eigenvalue weighted by atomic mass is 32.1. The van der Waals surface area contributed by atoms with E-state index < -0.39 is 5.92 Å². The summed E-state index contributed by atoms with van der Waals surface area (Å²) >= 11 is 1.64. The van der Waals surface area contributed by atoms with E-state index in [0.29, 0.717) is 41.1 Å². The Morgan fingerprint density at radius 1 is 1.14 bits per heavy atom. The summed E-state index contributed by atoms with van der Waals surface area (Å²) in [6.45, 7) is 0. The average molecular weight is 409 g/mol. The van der Waals surface area contributed by atoms with Crippen molar-refractivity contribution in [2.24, 2.45) is 0 Å². The van der Waals surface area contributed by atoms with E-state index in [-0.39, 0.29) is 23.0 Å². The van der Waals surface area contributed by atoms with Crippen molar-refractivity contribution in [2.75, 3.05) is 12.4 Å². The third-order valence-corrected chi connectivity index (χ3v) is 6.72. The number of allylic oxidation sites excluding steroid dienone is 2. The van der Waals surface area contributed by atoms with Gasteiger partial charge < -0.3 is 15.2 Å². The molecule has 8 heteroatoms. The van der Waals surface area contributed by atoms with Gasteiger partial charge >= 0.3 is 0 Å². The van der Waals surface area contributed by atoms with E-state index in [4.69, 9.17) is 4.74 Å². The van der Waals surface area contributed by atoms with Crippen molar-refractivity contribution >= 4 is 22.9 Å². The molecule has 4 N–H and O–H groups in total. The van der Waals surface area contributed by atoms with Crippen LogP contribution in [0.25, 0.3) is 0 Å². The molecule has 2 aliphatic rings. The number of ether oxygens (including phenoxy) is 1. The maximum Gasteiger partial charge on any atom is 0.270 e. The van der Waals surface area contributed by atoms with Crippen LogP contribution in [0.3, 0.4) is 0 Å². The Morgan fingerprint density at radius 2 is 2.00 bits per heavy atom. The van der Waals surface area contributed by atoms with Crippen LogP contribution in [-0.4, -0.2) is 28.2 Å². The van der Waals surface area contributed by atoms with Crippen LogP contribution >= 0.6 is 11.3 Å². The SMILES string of the molecule is COc1cccc([C@@H]2C3=C(C[C@H](c4cccs4)CC3=O)Nc3[nH][nH]c(=O)c32)c1O. The Kier molecular flexibility index (Phi) is 4.09. The number of aromatic amines is 2. The number of aromatic hydroxyl groups is 1. The van der Waals surface area contributed by atoms with Gasteiger partial charge in [0.25, 0.3) is 5.56 Å². The van der Waals surface area contributed by atoms with Gasteiger partial charge in [0.15, 0.2) is 17.3 Å². The smallest absolute Gasteiger partial charge is 0.270 e. The van der Waals surface area contributed by atoms with E-state index in [2.05, 4.69) is 15.5 Å². The average Bonchev–Trinajstić information content (AvgIpc) is 3.37. The number of anilines is 1. The van der Waals surface area contributed by atoms with Crippen LogP contribution in [0.2, 0.25) is 0 Å². The van der Waals surface area contributed by atoms with Crippen LogP contribution < -0.4 is 15.6 Å². The molecule has 0 saturated carbocycles. The zero-order chi connectivity index (χ0) is 20.1. The van der Waals surface area contributed by atoms with Gasteiger partial charge in [0.2, 0.25) is 0 Å². The summed E-state index contributed by atoms with van der Waals surface area (Å²) in [6.07, 6.45) is 1.04. The number of phenols is 1. The highest BCUT2D eigenvalue weighted by Gasteiger charge is 2.41. The second kappa shape index (κ2) is 6.66. The van der Waals surface area contributed by atoms with Gasteiger partial charge in [-0.15, -0.1) is 11.3 Å². The Hall–Kier alpha value is -3.26. The molecule has 0 amide bonds. The Labute approximate surface area is 170 Å². The highest BCUT2D eigenvalue weighted by Crippen LogP contribution is 2.49. The zero-order valence-corrected chi connectivity index (χ0v) is 16.4. The number of H-pyrrole nitrogens is 2. The molecule has 2 atom stereocenters. The molecular formula is C21H19N3O4S. The standard InChI is InChI=1S/C21H19N3O4S/c1-28-14-5-2-4-11(19(14)26)16-17-12(22-20-18(16)21(27)24-23-20)8-10(9-13(17)25)15-6-3-7-29-15/h2-7,10,16,26H,8-9H2,1H3,(H3,22,23,24,27)/t10-,16+/m0/s1. The molecule has 1 aliphatic heterocycles. The predicted molar refractivity (Wildman–Crippen MR) is 110 cm³/mol. The fraction of sp³-hybridized carbons (Fsp3) is 0.238. The first kappa shape index (κ1) is 17.8. The first-order valence-electron chi connectivity index (χ1n) is 9.31. The normalized spacial score (nSPS) is 20.8. The van der Waals surface area contributed by atoms with Crippen LogP contribution in [0.15, 0.2) is 51.8 Å². The number of para-hydroxylation sites is 1. The Bertz CT molecular complexity index is 1190. The number of ketones is 1. The highest BCUT2D eigenvalue weighted by molar-refractivity contribution is 7.10. The number of thiophene rings is 1. The summed E-state index contributed by atoms with van der Waals surface area (Å²) in [4.78, 5) is 27.0. The molecule has 0 fully saturated rings. The molecule has 148 valence electrons. The first-order chi connectivity index (χ1) is 14.1. The van der Waals surface area contributed by atoms with Gasteiger partial charge in [-0.1, -0.05) is 18.2 Å². The number of carbonyl (C=O) groups is 1. The number of aromatic nitrogens is 2. The molecule has 2 aromatic heterocycles. The van der Waals surface area contributed by atoms with Crippen molar-refractivity contribution in [1.82, 2.24) is 10.2 Å². The third-order valence-electron chi connectivity index (χ3n) is 5.68. The van der Waals surface area contributed by atoms with Crippen molar-refractivity contribution in [2.45, 2.75) is 24.7 Å². The van der Waals surface area contributed by atoms with Crippen molar-refractivity contribution in [3.05, 3.63) is 73.3 Å². The van der Waals surface area contributed by atoms with Crippen molar-refractivity contribution in [3.63, 3.8) is 0 Å². The van der Waals surface area contributed by atoms with E-state index in [9.17, 15) is 14.7 Å². The maximum atomic E-state index is 13.3. The first-order valence-corrected chi connectivity index (χ1v) is 10.2. The van der Waals surface area contributed by atoms with Gasteiger partial charge in [0.05, 0.1) is 18.6 Å². The number of nitrogens with one attached hydrogen (secondary N) is 3. The summed E-state index contributed by atoms with van der Waals surface area (Å²) in [5, 5.41) is 21.5. The largest absolute Gasteiger partial charge is 0.504 e. The lowest BCUT2D eigenvalue weighted by molar-refractivity contribution is -0.116. The fourth-order valence-electron chi connectivity index (χ4n) is 4.39. The number of carbonyl (C=O) groups excluding carboxylic acids is 1. The monoisotopic (exact) mass is 409 g/mol. The van der Waals surface area contributed by atoms with E-state index in [0.717, 1.165) is 5.70 Å². The minimum atomic E-state index is -0.664. The van der Waals surface area contributed by atoms with Gasteiger partial charge in [-0.3, -0.25) is 19.8 Å². The molecule has 1 aromatic carbocycles. The van der Waals surface area contributed by atoms with Gasteiger partial charge in [-0.05, 0) is 23.9 Å². The lowest BCUT2D eigenvalue weighted by atomic mass is 9.73. The van der Waals surface area contributed by atoms with Crippen LogP contribution in [-0.2, 0) is 4.79 Å². The van der Waals surface area contributed by atoms with Crippen LogP contribution in [0.5, 0.6) is 11.5 Å². The number of benzene rings is 1. The van der Waals surface area contributed by atoms with Crippen LogP contribution in [0.1, 0.15) is 40.7 Å². The minimum Gasteiger partial charge on any atom is -0.504 e. The van der Waals surface area contributed by atoms with Gasteiger partial charge in [-0.2, -0.15) is 0 Å². The fourth-order valence-corrected chi connectivity index (χ4v) is 5.22. The number of methoxy groups -OCH3 is 1. The van der Waals surface area contributed by atoms with Gasteiger partial charge in [0.1, 0.15) is 5.82 Å². The second-order valence-electron chi connectivity index (χ2n) is 7.26. The van der Waals surface area contributed by atoms with E-state index in [1.54, 1.807) is 29.5 Å².